The summed E-state index contributed by atoms with van der Waals surface area (Å²) in [6, 6.07) is 4.83. The van der Waals surface area contributed by atoms with Gasteiger partial charge in [0.15, 0.2) is 5.96 Å². The highest BCUT2D eigenvalue weighted by Gasteiger charge is 2.05. The molecule has 152 valence electrons. The number of aliphatic imine (C=N–C) groups is 1. The van der Waals surface area contributed by atoms with E-state index in [9.17, 15) is 4.39 Å². The number of aryl methyl sites for hydroxylation is 2. The van der Waals surface area contributed by atoms with Crippen molar-refractivity contribution in [3.05, 3.63) is 53.2 Å². The monoisotopic (exact) mass is 498 g/mol. The molecule has 1 aromatic carbocycles. The fourth-order valence-electron chi connectivity index (χ4n) is 3.10. The van der Waals surface area contributed by atoms with Gasteiger partial charge in [-0.05, 0) is 62.4 Å². The van der Waals surface area contributed by atoms with Gasteiger partial charge in [-0.2, -0.15) is 5.10 Å². The molecule has 0 saturated carbocycles. The van der Waals surface area contributed by atoms with E-state index < -0.39 is 0 Å². The number of rotatable bonds is 8. The van der Waals surface area contributed by atoms with Gasteiger partial charge in [0.05, 0.1) is 6.20 Å². The van der Waals surface area contributed by atoms with Crippen molar-refractivity contribution in [2.45, 2.75) is 33.1 Å². The van der Waals surface area contributed by atoms with E-state index >= 15 is 0 Å². The molecule has 0 aliphatic rings. The highest BCUT2D eigenvalue weighted by Crippen LogP contribution is 2.19. The van der Waals surface area contributed by atoms with Crippen molar-refractivity contribution in [2.75, 3.05) is 19.6 Å². The first-order valence-corrected chi connectivity index (χ1v) is 9.44. The molecule has 4 N–H and O–H groups in total. The summed E-state index contributed by atoms with van der Waals surface area (Å²) in [5.74, 6) is 0.603. The molecule has 6 nitrogen and oxygen atoms in total. The molecular weight excluding hydrogens is 470 g/mol. The number of nitrogens with zero attached hydrogens (tertiary/aromatic N) is 2. The predicted molar refractivity (Wildman–Crippen MR) is 123 cm³/mol. The largest absolute Gasteiger partial charge is 0.361 e. The fraction of sp³-hybridized carbons (Fsp3) is 0.400. The number of hydrogen-bond donors (Lipinski definition) is 4. The van der Waals surface area contributed by atoms with Crippen LogP contribution in [0.2, 0.25) is 0 Å². The summed E-state index contributed by atoms with van der Waals surface area (Å²) in [7, 11) is 0. The molecule has 0 aliphatic carbocycles. The van der Waals surface area contributed by atoms with Crippen molar-refractivity contribution in [2.24, 2.45) is 4.99 Å². The molecule has 28 heavy (non-hydrogen) atoms. The fourth-order valence-corrected chi connectivity index (χ4v) is 3.10. The van der Waals surface area contributed by atoms with E-state index in [1.807, 2.05) is 19.3 Å². The van der Waals surface area contributed by atoms with Crippen LogP contribution in [-0.2, 0) is 12.8 Å². The van der Waals surface area contributed by atoms with Crippen LogP contribution in [0.1, 0.15) is 30.2 Å². The van der Waals surface area contributed by atoms with Crippen LogP contribution in [0.15, 0.2) is 35.6 Å². The highest BCUT2D eigenvalue weighted by atomic mass is 127. The first-order valence-electron chi connectivity index (χ1n) is 9.44. The van der Waals surface area contributed by atoms with E-state index in [-0.39, 0.29) is 29.8 Å². The van der Waals surface area contributed by atoms with Crippen molar-refractivity contribution < 1.29 is 4.39 Å². The summed E-state index contributed by atoms with van der Waals surface area (Å²) in [6.07, 6.45) is 6.56. The Hall–Kier alpha value is -2.10. The van der Waals surface area contributed by atoms with E-state index in [0.29, 0.717) is 0 Å². The Labute approximate surface area is 181 Å². The molecule has 0 saturated heterocycles. The van der Waals surface area contributed by atoms with Gasteiger partial charge in [0, 0.05) is 42.4 Å². The van der Waals surface area contributed by atoms with Crippen LogP contribution in [0.25, 0.3) is 10.9 Å². The number of benzene rings is 1. The summed E-state index contributed by atoms with van der Waals surface area (Å²) in [5, 5.41) is 14.6. The Morgan fingerprint density at radius 3 is 2.82 bits per heavy atom. The van der Waals surface area contributed by atoms with E-state index in [4.69, 9.17) is 0 Å². The maximum absolute atomic E-state index is 13.5. The maximum Gasteiger partial charge on any atom is 0.191 e. The molecule has 2 aromatic heterocycles. The average molecular weight is 498 g/mol. The molecule has 0 unspecified atom stereocenters. The van der Waals surface area contributed by atoms with E-state index in [1.54, 1.807) is 12.1 Å². The van der Waals surface area contributed by atoms with Crippen LogP contribution in [0, 0.1) is 12.7 Å². The Bertz CT molecular complexity index is 901. The van der Waals surface area contributed by atoms with Crippen molar-refractivity contribution in [3.63, 3.8) is 0 Å². The molecule has 0 radical (unpaired) electrons. The van der Waals surface area contributed by atoms with Gasteiger partial charge in [0.25, 0.3) is 0 Å². The highest BCUT2D eigenvalue weighted by molar-refractivity contribution is 14.0. The number of hydrogen-bond acceptors (Lipinski definition) is 2. The number of aromatic amines is 2. The molecule has 0 spiro atoms. The summed E-state index contributed by atoms with van der Waals surface area (Å²) in [6.45, 7) is 6.38. The van der Waals surface area contributed by atoms with Gasteiger partial charge in [-0.3, -0.25) is 10.1 Å². The summed E-state index contributed by atoms with van der Waals surface area (Å²) >= 11 is 0. The van der Waals surface area contributed by atoms with Crippen molar-refractivity contribution >= 4 is 40.8 Å². The Kier molecular flexibility index (Phi) is 8.75. The lowest BCUT2D eigenvalue weighted by molar-refractivity contribution is 0.629. The number of nitrogens with one attached hydrogen (secondary N) is 4. The third kappa shape index (κ3) is 5.95. The number of guanidine groups is 1. The van der Waals surface area contributed by atoms with Crippen molar-refractivity contribution in [1.82, 2.24) is 25.8 Å². The zero-order valence-corrected chi connectivity index (χ0v) is 18.6. The number of H-pyrrole nitrogens is 2. The average Bonchev–Trinajstić information content (AvgIpc) is 3.24. The second-order valence-electron chi connectivity index (χ2n) is 6.57. The quantitative estimate of drug-likeness (QED) is 0.166. The van der Waals surface area contributed by atoms with Crippen molar-refractivity contribution in [3.8, 4) is 0 Å². The molecule has 0 fully saturated rings. The van der Waals surface area contributed by atoms with Gasteiger partial charge in [-0.25, -0.2) is 4.39 Å². The van der Waals surface area contributed by atoms with Crippen LogP contribution in [0.4, 0.5) is 4.39 Å². The minimum Gasteiger partial charge on any atom is -0.361 e. The predicted octanol–water partition coefficient (Wildman–Crippen LogP) is 3.69. The van der Waals surface area contributed by atoms with Crippen LogP contribution in [0.3, 0.4) is 0 Å². The SMILES string of the molecule is CCNC(=NCCCc1cn[nH]c1C)NCCc1c[nH]c2ccc(F)cc12.I. The molecule has 2 heterocycles. The second-order valence-corrected chi connectivity index (χ2v) is 6.57. The van der Waals surface area contributed by atoms with Gasteiger partial charge >= 0.3 is 0 Å². The molecule has 8 heteroatoms. The zero-order valence-electron chi connectivity index (χ0n) is 16.3. The summed E-state index contributed by atoms with van der Waals surface area (Å²) in [4.78, 5) is 7.82. The van der Waals surface area contributed by atoms with E-state index in [2.05, 4.69) is 37.7 Å². The van der Waals surface area contributed by atoms with E-state index in [0.717, 1.165) is 67.0 Å². The first kappa shape index (κ1) is 22.2. The van der Waals surface area contributed by atoms with Gasteiger partial charge in [0.1, 0.15) is 5.82 Å². The van der Waals surface area contributed by atoms with Crippen LogP contribution >= 0.6 is 24.0 Å². The number of aromatic nitrogens is 3. The van der Waals surface area contributed by atoms with Gasteiger partial charge in [0.2, 0.25) is 0 Å². The molecule has 3 aromatic rings. The molecule has 0 atom stereocenters. The molecule has 3 rings (SSSR count). The van der Waals surface area contributed by atoms with Crippen LogP contribution in [-0.4, -0.2) is 40.8 Å². The van der Waals surface area contributed by atoms with Gasteiger partial charge < -0.3 is 15.6 Å². The van der Waals surface area contributed by atoms with E-state index in [1.165, 1.54) is 11.6 Å². The molecule has 0 aliphatic heterocycles. The standard InChI is InChI=1S/C20H27FN6.HI/c1-3-22-20(23-9-4-5-15-13-26-27-14(15)2)24-10-8-16-12-25-19-7-6-17(21)11-18(16)19;/h6-7,11-13,25H,3-5,8-10H2,1-2H3,(H,26,27)(H2,22,23,24);1H. The Balaban J connectivity index is 0.00000280. The second kappa shape index (κ2) is 11.0. The zero-order chi connectivity index (χ0) is 19.1. The van der Waals surface area contributed by atoms with Crippen molar-refractivity contribution in [1.29, 1.82) is 0 Å². The normalized spacial score (nSPS) is 11.5. The first-order chi connectivity index (χ1) is 13.2. The third-order valence-electron chi connectivity index (χ3n) is 4.57. The van der Waals surface area contributed by atoms with Crippen LogP contribution in [0.5, 0.6) is 0 Å². The molecular formula is C20H28FIN6. The third-order valence-corrected chi connectivity index (χ3v) is 4.57. The molecule has 0 bridgehead atoms. The van der Waals surface area contributed by atoms with Gasteiger partial charge in [-0.15, -0.1) is 24.0 Å². The Morgan fingerprint density at radius 2 is 2.07 bits per heavy atom. The lowest BCUT2D eigenvalue weighted by atomic mass is 10.1. The smallest absolute Gasteiger partial charge is 0.191 e. The summed E-state index contributed by atoms with van der Waals surface area (Å²) in [5.41, 5.74) is 4.43. The van der Waals surface area contributed by atoms with Crippen LogP contribution < -0.4 is 10.6 Å². The maximum atomic E-state index is 13.5. The molecule has 0 amide bonds. The minimum absolute atomic E-state index is 0. The topological polar surface area (TPSA) is 80.9 Å². The van der Waals surface area contributed by atoms with Gasteiger partial charge in [-0.1, -0.05) is 0 Å². The minimum atomic E-state index is -0.209. The number of halogens is 2. The Morgan fingerprint density at radius 1 is 1.21 bits per heavy atom. The lowest BCUT2D eigenvalue weighted by Crippen LogP contribution is -2.38. The summed E-state index contributed by atoms with van der Waals surface area (Å²) < 4.78 is 13.5. The number of fused-ring (bicyclic) bond motifs is 1. The lowest BCUT2D eigenvalue weighted by Gasteiger charge is -2.11.